The van der Waals surface area contributed by atoms with Crippen molar-refractivity contribution in [2.75, 3.05) is 53.2 Å². The highest BCUT2D eigenvalue weighted by molar-refractivity contribution is 5.76. The lowest BCUT2D eigenvalue weighted by molar-refractivity contribution is -0.122. The van der Waals surface area contributed by atoms with E-state index in [4.69, 9.17) is 18.9 Å². The molecule has 0 fully saturated rings. The first kappa shape index (κ1) is 55.9. The second kappa shape index (κ2) is 47.6. The fraction of sp³-hybridized carbons (Fsp3) is 0.938. The van der Waals surface area contributed by atoms with Crippen LogP contribution in [0.4, 0.5) is 9.59 Å². The summed E-state index contributed by atoms with van der Waals surface area (Å²) in [5, 5.41) is 8.45. The molecule has 0 aromatic carbocycles. The summed E-state index contributed by atoms with van der Waals surface area (Å²) < 4.78 is 21.2. The van der Waals surface area contributed by atoms with Gasteiger partial charge in [0.2, 0.25) is 5.91 Å². The number of hydrogen-bond donors (Lipinski definition) is 3. The van der Waals surface area contributed by atoms with Gasteiger partial charge in [0.1, 0.15) is 13.2 Å². The van der Waals surface area contributed by atoms with Gasteiger partial charge in [-0.05, 0) is 19.3 Å². The van der Waals surface area contributed by atoms with Crippen LogP contribution in [0.15, 0.2) is 0 Å². The molecule has 0 saturated carbocycles. The maximum atomic E-state index is 12.8. The van der Waals surface area contributed by atoms with Crippen molar-refractivity contribution in [1.82, 2.24) is 16.0 Å². The third-order valence-corrected chi connectivity index (χ3v) is 10.9. The Morgan fingerprint density at radius 1 is 0.414 bits per heavy atom. The fourth-order valence-electron chi connectivity index (χ4n) is 7.19. The molecule has 0 aromatic rings. The minimum absolute atomic E-state index is 0.0733. The van der Waals surface area contributed by atoms with Crippen LogP contribution in [0.3, 0.4) is 0 Å². The van der Waals surface area contributed by atoms with E-state index in [2.05, 4.69) is 29.8 Å². The Kier molecular flexibility index (Phi) is 45.9. The maximum absolute atomic E-state index is 12.8. The number of methoxy groups -OCH3 is 1. The molecule has 0 aliphatic heterocycles. The summed E-state index contributed by atoms with van der Waals surface area (Å²) in [4.78, 5) is 37.6. The number of rotatable bonds is 46. The first-order valence-corrected chi connectivity index (χ1v) is 24.7. The second-order valence-corrected chi connectivity index (χ2v) is 16.6. The Morgan fingerprint density at radius 3 is 1.14 bits per heavy atom. The van der Waals surface area contributed by atoms with Gasteiger partial charge >= 0.3 is 12.2 Å². The Labute approximate surface area is 357 Å². The molecule has 0 bridgehead atoms. The Morgan fingerprint density at radius 2 is 0.759 bits per heavy atom. The van der Waals surface area contributed by atoms with Crippen LogP contribution in [0.1, 0.15) is 232 Å². The van der Waals surface area contributed by atoms with Crippen LogP contribution >= 0.6 is 0 Å². The highest BCUT2D eigenvalue weighted by Crippen LogP contribution is 2.15. The molecule has 0 spiro atoms. The molecule has 0 saturated heterocycles. The number of carbonyl (C=O) groups excluding carboxylic acids is 3. The van der Waals surface area contributed by atoms with E-state index in [1.165, 1.54) is 173 Å². The Hall–Kier alpha value is -2.07. The molecule has 0 aliphatic rings. The van der Waals surface area contributed by atoms with Gasteiger partial charge in [-0.25, -0.2) is 9.59 Å². The van der Waals surface area contributed by atoms with Crippen molar-refractivity contribution >= 4 is 18.1 Å². The first-order valence-electron chi connectivity index (χ1n) is 24.7. The topological polar surface area (TPSA) is 124 Å². The van der Waals surface area contributed by atoms with E-state index < -0.39 is 18.2 Å². The molecular formula is C48H95N3O7. The minimum atomic E-state index is -0.627. The van der Waals surface area contributed by atoms with Gasteiger partial charge in [-0.3, -0.25) is 4.79 Å². The largest absolute Gasteiger partial charge is 0.447 e. The molecular weight excluding hydrogens is 731 g/mol. The SMILES string of the molecule is CCCCCCCCCCCCCCCCCCNC(=O)OCC(COC(=O)NCCCOCCOC)NC(=O)CCCCCCCCCCCCCCCCCC. The third kappa shape index (κ3) is 45.0. The molecule has 10 nitrogen and oxygen atoms in total. The minimum Gasteiger partial charge on any atom is -0.447 e. The lowest BCUT2D eigenvalue weighted by Gasteiger charge is -2.19. The predicted octanol–water partition coefficient (Wildman–Crippen LogP) is 12.9. The summed E-state index contributed by atoms with van der Waals surface area (Å²) in [6.45, 7) is 6.88. The van der Waals surface area contributed by atoms with Crippen molar-refractivity contribution in [3.63, 3.8) is 0 Å². The van der Waals surface area contributed by atoms with Crippen LogP contribution in [0.2, 0.25) is 0 Å². The molecule has 10 heteroatoms. The molecule has 0 aliphatic carbocycles. The van der Waals surface area contributed by atoms with Gasteiger partial charge in [-0.2, -0.15) is 0 Å². The number of carbonyl (C=O) groups is 3. The fourth-order valence-corrected chi connectivity index (χ4v) is 7.19. The van der Waals surface area contributed by atoms with Crippen LogP contribution in [-0.2, 0) is 23.7 Å². The molecule has 1 atom stereocenters. The van der Waals surface area contributed by atoms with Gasteiger partial charge in [-0.15, -0.1) is 0 Å². The normalized spacial score (nSPS) is 11.7. The van der Waals surface area contributed by atoms with Crippen molar-refractivity contribution in [3.05, 3.63) is 0 Å². The number of hydrogen-bond acceptors (Lipinski definition) is 7. The average Bonchev–Trinajstić information content (AvgIpc) is 3.22. The van der Waals surface area contributed by atoms with E-state index in [0.717, 1.165) is 32.1 Å². The molecule has 0 rings (SSSR count). The van der Waals surface area contributed by atoms with Crippen LogP contribution in [-0.4, -0.2) is 77.4 Å². The zero-order valence-electron chi connectivity index (χ0n) is 38.4. The smallest absolute Gasteiger partial charge is 0.407 e. The van der Waals surface area contributed by atoms with Crippen molar-refractivity contribution in [2.24, 2.45) is 0 Å². The first-order chi connectivity index (χ1) is 28.5. The maximum Gasteiger partial charge on any atom is 0.407 e. The zero-order chi connectivity index (χ0) is 42.3. The number of amides is 3. The van der Waals surface area contributed by atoms with Crippen LogP contribution in [0.25, 0.3) is 0 Å². The molecule has 0 aromatic heterocycles. The molecule has 0 radical (unpaired) electrons. The van der Waals surface area contributed by atoms with Crippen LogP contribution < -0.4 is 16.0 Å². The lowest BCUT2D eigenvalue weighted by Crippen LogP contribution is -2.44. The molecule has 58 heavy (non-hydrogen) atoms. The zero-order valence-corrected chi connectivity index (χ0v) is 38.4. The number of ether oxygens (including phenoxy) is 4. The van der Waals surface area contributed by atoms with Gasteiger partial charge < -0.3 is 34.9 Å². The summed E-state index contributed by atoms with van der Waals surface area (Å²) in [6.07, 6.45) is 41.4. The van der Waals surface area contributed by atoms with Gasteiger partial charge in [0.05, 0.1) is 19.3 Å². The number of nitrogens with one attached hydrogen (secondary N) is 3. The molecule has 0 heterocycles. The van der Waals surface area contributed by atoms with Crippen LogP contribution in [0.5, 0.6) is 0 Å². The quantitative estimate of drug-likeness (QED) is 0.0522. The van der Waals surface area contributed by atoms with Crippen molar-refractivity contribution in [1.29, 1.82) is 0 Å². The highest BCUT2D eigenvalue weighted by Gasteiger charge is 2.17. The van der Waals surface area contributed by atoms with Gasteiger partial charge in [-0.1, -0.05) is 206 Å². The van der Waals surface area contributed by atoms with Crippen molar-refractivity contribution < 1.29 is 33.3 Å². The van der Waals surface area contributed by atoms with E-state index in [0.29, 0.717) is 45.8 Å². The summed E-state index contributed by atoms with van der Waals surface area (Å²) in [5.41, 5.74) is 0. The highest BCUT2D eigenvalue weighted by atomic mass is 16.6. The summed E-state index contributed by atoms with van der Waals surface area (Å²) in [7, 11) is 1.62. The van der Waals surface area contributed by atoms with Gasteiger partial charge in [0.15, 0.2) is 0 Å². The predicted molar refractivity (Wildman–Crippen MR) is 242 cm³/mol. The van der Waals surface area contributed by atoms with Crippen LogP contribution in [0, 0.1) is 0 Å². The van der Waals surface area contributed by atoms with Gasteiger partial charge in [0, 0.05) is 33.2 Å². The van der Waals surface area contributed by atoms with Crippen molar-refractivity contribution in [3.8, 4) is 0 Å². The van der Waals surface area contributed by atoms with E-state index >= 15 is 0 Å². The number of alkyl carbamates (subject to hydrolysis) is 2. The Balaban J connectivity index is 4.18. The molecule has 344 valence electrons. The monoisotopic (exact) mass is 826 g/mol. The average molecular weight is 826 g/mol. The summed E-state index contributed by atoms with van der Waals surface area (Å²) >= 11 is 0. The lowest BCUT2D eigenvalue weighted by atomic mass is 10.0. The molecule has 1 unspecified atom stereocenters. The van der Waals surface area contributed by atoms with E-state index in [1.54, 1.807) is 7.11 Å². The standard InChI is InChI=1S/C48H95N3O7/c1-4-6-8-10-12-14-16-18-20-22-24-26-28-30-32-34-37-46(52)51-45(44-58-48(54)50-39-36-40-56-42-41-55-3)43-57-47(53)49-38-35-33-31-29-27-25-23-21-19-17-15-13-11-9-7-5-2/h45H,4-44H2,1-3H3,(H,49,53)(H,50,54)(H,51,52). The molecule has 3 N–H and O–H groups in total. The number of unbranched alkanes of at least 4 members (excludes halogenated alkanes) is 30. The summed E-state index contributed by atoms with van der Waals surface area (Å²) in [6, 6.07) is -0.627. The van der Waals surface area contributed by atoms with Crippen molar-refractivity contribution in [2.45, 2.75) is 238 Å². The van der Waals surface area contributed by atoms with E-state index in [1.807, 2.05) is 0 Å². The third-order valence-electron chi connectivity index (χ3n) is 10.9. The summed E-state index contributed by atoms with van der Waals surface area (Å²) in [5.74, 6) is -0.121. The second-order valence-electron chi connectivity index (χ2n) is 16.6. The molecule has 3 amide bonds. The van der Waals surface area contributed by atoms with E-state index in [9.17, 15) is 14.4 Å². The van der Waals surface area contributed by atoms with Gasteiger partial charge in [0.25, 0.3) is 0 Å². The Bertz CT molecular complexity index is 878. The van der Waals surface area contributed by atoms with E-state index in [-0.39, 0.29) is 19.1 Å².